The molecule has 1 aromatic rings. The summed E-state index contributed by atoms with van der Waals surface area (Å²) in [5.74, 6) is 1.22. The van der Waals surface area contributed by atoms with Crippen LogP contribution in [0, 0.1) is 0 Å². The van der Waals surface area contributed by atoms with Gasteiger partial charge < -0.3 is 21.5 Å². The zero-order valence-electron chi connectivity index (χ0n) is 10.3. The highest BCUT2D eigenvalue weighted by atomic mass is 16.5. The fourth-order valence-electron chi connectivity index (χ4n) is 1.32. The van der Waals surface area contributed by atoms with E-state index in [1.165, 1.54) is 0 Å². The molecule has 0 bridgehead atoms. The molecule has 1 aromatic heterocycles. The molecule has 0 atom stereocenters. The van der Waals surface area contributed by atoms with E-state index < -0.39 is 0 Å². The number of nitrogens with zero attached hydrogens (tertiary/aromatic N) is 2. The summed E-state index contributed by atoms with van der Waals surface area (Å²) in [4.78, 5) is 7.81. The Bertz CT molecular complexity index is 311. The maximum Gasteiger partial charge on any atom is 0.223 e. The van der Waals surface area contributed by atoms with E-state index in [-0.39, 0.29) is 5.95 Å². The van der Waals surface area contributed by atoms with Gasteiger partial charge in [-0.1, -0.05) is 13.3 Å². The summed E-state index contributed by atoms with van der Waals surface area (Å²) >= 11 is 0. The Hall–Kier alpha value is -1.56. The molecule has 0 aromatic carbocycles. The fraction of sp³-hybridized carbons (Fsp3) is 0.636. The van der Waals surface area contributed by atoms with Crippen LogP contribution in [0.2, 0.25) is 0 Å². The lowest BCUT2D eigenvalue weighted by Gasteiger charge is -2.07. The minimum atomic E-state index is 0.187. The van der Waals surface area contributed by atoms with Gasteiger partial charge in [-0.25, -0.2) is 0 Å². The van der Waals surface area contributed by atoms with Crippen LogP contribution in [0.4, 0.5) is 17.6 Å². The van der Waals surface area contributed by atoms with Gasteiger partial charge in [0.05, 0.1) is 0 Å². The standard InChI is InChI=1S/C11H21N5O/c1-2-3-6-17-7-4-5-14-10-8-9(12)15-11(13)16-10/h8H,2-7H2,1H3,(H5,12,13,14,15,16). The molecule has 0 aliphatic rings. The van der Waals surface area contributed by atoms with E-state index in [9.17, 15) is 0 Å². The normalized spacial score (nSPS) is 10.4. The van der Waals surface area contributed by atoms with Crippen molar-refractivity contribution < 1.29 is 4.74 Å². The van der Waals surface area contributed by atoms with Crippen LogP contribution in [-0.2, 0) is 4.74 Å². The monoisotopic (exact) mass is 239 g/mol. The van der Waals surface area contributed by atoms with Gasteiger partial charge in [0.1, 0.15) is 11.6 Å². The average molecular weight is 239 g/mol. The molecule has 5 N–H and O–H groups in total. The molecule has 17 heavy (non-hydrogen) atoms. The lowest BCUT2D eigenvalue weighted by atomic mass is 10.3. The number of hydrogen-bond donors (Lipinski definition) is 3. The Balaban J connectivity index is 2.13. The molecule has 0 fully saturated rings. The third-order valence-electron chi connectivity index (χ3n) is 2.18. The van der Waals surface area contributed by atoms with Crippen LogP contribution >= 0.6 is 0 Å². The maximum absolute atomic E-state index is 5.55. The largest absolute Gasteiger partial charge is 0.383 e. The van der Waals surface area contributed by atoms with Crippen molar-refractivity contribution in [1.29, 1.82) is 0 Å². The number of hydrogen-bond acceptors (Lipinski definition) is 6. The van der Waals surface area contributed by atoms with Crippen molar-refractivity contribution in [2.45, 2.75) is 26.2 Å². The first kappa shape index (κ1) is 13.5. The molecule has 6 heteroatoms. The van der Waals surface area contributed by atoms with Crippen molar-refractivity contribution in [3.05, 3.63) is 6.07 Å². The second-order valence-corrected chi connectivity index (χ2v) is 3.78. The van der Waals surface area contributed by atoms with Crippen LogP contribution < -0.4 is 16.8 Å². The van der Waals surface area contributed by atoms with Gasteiger partial charge in [-0.3, -0.25) is 0 Å². The summed E-state index contributed by atoms with van der Waals surface area (Å²) < 4.78 is 5.44. The smallest absolute Gasteiger partial charge is 0.223 e. The zero-order valence-corrected chi connectivity index (χ0v) is 10.3. The lowest BCUT2D eigenvalue weighted by molar-refractivity contribution is 0.131. The Morgan fingerprint density at radius 1 is 1.24 bits per heavy atom. The number of anilines is 3. The van der Waals surface area contributed by atoms with Crippen molar-refractivity contribution >= 4 is 17.6 Å². The molecule has 96 valence electrons. The van der Waals surface area contributed by atoms with E-state index in [1.807, 2.05) is 0 Å². The molecule has 1 rings (SSSR count). The van der Waals surface area contributed by atoms with Crippen molar-refractivity contribution in [3.8, 4) is 0 Å². The van der Waals surface area contributed by atoms with E-state index in [1.54, 1.807) is 6.07 Å². The van der Waals surface area contributed by atoms with Crippen LogP contribution in [-0.4, -0.2) is 29.7 Å². The van der Waals surface area contributed by atoms with Gasteiger partial charge in [0.25, 0.3) is 0 Å². The Morgan fingerprint density at radius 2 is 2.00 bits per heavy atom. The molecule has 1 heterocycles. The second kappa shape index (κ2) is 7.67. The van der Waals surface area contributed by atoms with Crippen LogP contribution in [0.1, 0.15) is 26.2 Å². The fourth-order valence-corrected chi connectivity index (χ4v) is 1.32. The average Bonchev–Trinajstić information content (AvgIpc) is 2.26. The molecule has 0 saturated carbocycles. The first-order chi connectivity index (χ1) is 8.22. The molecule has 0 aliphatic carbocycles. The Kier molecular flexibility index (Phi) is 6.09. The first-order valence-corrected chi connectivity index (χ1v) is 5.94. The van der Waals surface area contributed by atoms with E-state index >= 15 is 0 Å². The van der Waals surface area contributed by atoms with Gasteiger partial charge in [0.15, 0.2) is 0 Å². The molecule has 0 spiro atoms. The van der Waals surface area contributed by atoms with Gasteiger partial charge >= 0.3 is 0 Å². The lowest BCUT2D eigenvalue weighted by Crippen LogP contribution is -2.09. The van der Waals surface area contributed by atoms with Crippen molar-refractivity contribution in [1.82, 2.24) is 9.97 Å². The number of rotatable bonds is 8. The number of unbranched alkanes of at least 4 members (excludes halogenated alkanes) is 1. The topological polar surface area (TPSA) is 99.1 Å². The second-order valence-electron chi connectivity index (χ2n) is 3.78. The summed E-state index contributed by atoms with van der Waals surface area (Å²) in [6, 6.07) is 1.66. The van der Waals surface area contributed by atoms with E-state index in [0.29, 0.717) is 11.6 Å². The third kappa shape index (κ3) is 5.91. The number of aromatic nitrogens is 2. The molecule has 0 unspecified atom stereocenters. The highest BCUT2D eigenvalue weighted by Gasteiger charge is 1.98. The molecular weight excluding hydrogens is 218 g/mol. The number of nitrogens with one attached hydrogen (secondary N) is 1. The van der Waals surface area contributed by atoms with Gasteiger partial charge in [0.2, 0.25) is 5.95 Å². The minimum absolute atomic E-state index is 0.187. The van der Waals surface area contributed by atoms with Crippen LogP contribution in [0.15, 0.2) is 6.07 Å². The highest BCUT2D eigenvalue weighted by molar-refractivity contribution is 5.48. The Labute approximate surface area is 102 Å². The summed E-state index contributed by atoms with van der Waals surface area (Å²) in [6.45, 7) is 4.52. The number of nitrogen functional groups attached to an aromatic ring is 2. The van der Waals surface area contributed by atoms with Crippen LogP contribution in [0.5, 0.6) is 0 Å². The number of ether oxygens (including phenoxy) is 1. The van der Waals surface area contributed by atoms with Crippen LogP contribution in [0.25, 0.3) is 0 Å². The summed E-state index contributed by atoms with van der Waals surface area (Å²) in [6.07, 6.45) is 3.21. The molecule has 0 radical (unpaired) electrons. The summed E-state index contributed by atoms with van der Waals surface area (Å²) in [5.41, 5.74) is 11.0. The maximum atomic E-state index is 5.55. The quantitative estimate of drug-likeness (QED) is 0.591. The van der Waals surface area contributed by atoms with E-state index in [4.69, 9.17) is 16.2 Å². The SMILES string of the molecule is CCCCOCCCNc1cc(N)nc(N)n1. The van der Waals surface area contributed by atoms with E-state index in [2.05, 4.69) is 22.2 Å². The van der Waals surface area contributed by atoms with Gasteiger partial charge in [0, 0.05) is 25.8 Å². The molecule has 6 nitrogen and oxygen atoms in total. The predicted molar refractivity (Wildman–Crippen MR) is 69.7 cm³/mol. The summed E-state index contributed by atoms with van der Waals surface area (Å²) in [7, 11) is 0. The molecule has 0 aliphatic heterocycles. The zero-order chi connectivity index (χ0) is 12.5. The predicted octanol–water partition coefficient (Wildman–Crippen LogP) is 1.26. The third-order valence-corrected chi connectivity index (χ3v) is 2.18. The van der Waals surface area contributed by atoms with Gasteiger partial charge in [-0.2, -0.15) is 9.97 Å². The Morgan fingerprint density at radius 3 is 2.71 bits per heavy atom. The van der Waals surface area contributed by atoms with Crippen LogP contribution in [0.3, 0.4) is 0 Å². The van der Waals surface area contributed by atoms with Gasteiger partial charge in [-0.05, 0) is 12.8 Å². The summed E-state index contributed by atoms with van der Waals surface area (Å²) in [5, 5.41) is 3.13. The highest BCUT2D eigenvalue weighted by Crippen LogP contribution is 2.08. The molecule has 0 amide bonds. The van der Waals surface area contributed by atoms with Crippen molar-refractivity contribution in [2.24, 2.45) is 0 Å². The van der Waals surface area contributed by atoms with E-state index in [0.717, 1.165) is 39.0 Å². The van der Waals surface area contributed by atoms with Crippen molar-refractivity contribution in [2.75, 3.05) is 36.5 Å². The molecular formula is C11H21N5O. The minimum Gasteiger partial charge on any atom is -0.383 e. The molecule has 0 saturated heterocycles. The number of nitrogens with two attached hydrogens (primary N) is 2. The van der Waals surface area contributed by atoms with Crippen molar-refractivity contribution in [3.63, 3.8) is 0 Å². The first-order valence-electron chi connectivity index (χ1n) is 5.94. The van der Waals surface area contributed by atoms with Gasteiger partial charge in [-0.15, -0.1) is 0 Å².